The van der Waals surface area contributed by atoms with Gasteiger partial charge in [-0.15, -0.1) is 0 Å². The molecule has 98 valence electrons. The Balaban J connectivity index is 2.43. The summed E-state index contributed by atoms with van der Waals surface area (Å²) in [5, 5.41) is 2.90. The molecule has 0 fully saturated rings. The summed E-state index contributed by atoms with van der Waals surface area (Å²) in [5.41, 5.74) is 0. The molecule has 1 rings (SSSR count). The van der Waals surface area contributed by atoms with Crippen LogP contribution in [0.1, 0.15) is 13.8 Å². The van der Waals surface area contributed by atoms with Crippen molar-refractivity contribution in [2.75, 3.05) is 26.1 Å². The maximum atomic E-state index is 12.0. The predicted molar refractivity (Wildman–Crippen MR) is 62.7 cm³/mol. The van der Waals surface area contributed by atoms with Crippen molar-refractivity contribution in [1.82, 2.24) is 5.32 Å². The SMILES string of the molecule is CCOP(=O)(COC(=O)C1C=CCN1)OCC. The minimum absolute atomic E-state index is 0.246. The first-order chi connectivity index (χ1) is 8.11. The van der Waals surface area contributed by atoms with Crippen molar-refractivity contribution in [3.05, 3.63) is 12.2 Å². The molecule has 0 bridgehead atoms. The van der Waals surface area contributed by atoms with E-state index in [0.717, 1.165) is 0 Å². The van der Waals surface area contributed by atoms with Crippen LogP contribution in [0.2, 0.25) is 0 Å². The van der Waals surface area contributed by atoms with Gasteiger partial charge in [0.1, 0.15) is 6.04 Å². The first-order valence-corrected chi connectivity index (χ1v) is 7.29. The molecule has 7 heteroatoms. The van der Waals surface area contributed by atoms with E-state index in [1.807, 2.05) is 6.08 Å². The van der Waals surface area contributed by atoms with Crippen molar-refractivity contribution < 1.29 is 23.1 Å². The fourth-order valence-corrected chi connectivity index (χ4v) is 2.66. The molecule has 0 saturated heterocycles. The van der Waals surface area contributed by atoms with Gasteiger partial charge in [-0.3, -0.25) is 9.88 Å². The Kier molecular flexibility index (Phi) is 5.85. The summed E-state index contributed by atoms with van der Waals surface area (Å²) in [5.74, 6) is -0.474. The van der Waals surface area contributed by atoms with Crippen molar-refractivity contribution in [2.24, 2.45) is 0 Å². The van der Waals surface area contributed by atoms with Gasteiger partial charge in [-0.05, 0) is 13.8 Å². The van der Waals surface area contributed by atoms with E-state index in [9.17, 15) is 9.36 Å². The van der Waals surface area contributed by atoms with E-state index in [0.29, 0.717) is 6.54 Å². The second-order valence-electron chi connectivity index (χ2n) is 3.35. The van der Waals surface area contributed by atoms with Crippen LogP contribution in [0.25, 0.3) is 0 Å². The van der Waals surface area contributed by atoms with Gasteiger partial charge in [0.15, 0.2) is 6.35 Å². The molecule has 6 nitrogen and oxygen atoms in total. The summed E-state index contributed by atoms with van der Waals surface area (Å²) in [4.78, 5) is 11.5. The molecule has 0 saturated carbocycles. The van der Waals surface area contributed by atoms with Gasteiger partial charge in [-0.2, -0.15) is 0 Å². The standard InChI is InChI=1S/C10H18NO5P/c1-3-15-17(13,16-4-2)8-14-10(12)9-6-5-7-11-9/h5-6,9,11H,3-4,7-8H2,1-2H3. The van der Waals surface area contributed by atoms with E-state index in [2.05, 4.69) is 5.32 Å². The van der Waals surface area contributed by atoms with Crippen LogP contribution in [0.5, 0.6) is 0 Å². The molecule has 0 aromatic rings. The van der Waals surface area contributed by atoms with E-state index in [4.69, 9.17) is 13.8 Å². The fraction of sp³-hybridized carbons (Fsp3) is 0.700. The molecule has 0 aliphatic carbocycles. The van der Waals surface area contributed by atoms with Crippen molar-refractivity contribution in [1.29, 1.82) is 0 Å². The zero-order valence-corrected chi connectivity index (χ0v) is 10.9. The number of hydrogen-bond donors (Lipinski definition) is 1. The summed E-state index contributed by atoms with van der Waals surface area (Å²) >= 11 is 0. The van der Waals surface area contributed by atoms with Crippen LogP contribution in [0.15, 0.2) is 12.2 Å². The number of ether oxygens (including phenoxy) is 1. The van der Waals surface area contributed by atoms with Crippen molar-refractivity contribution in [2.45, 2.75) is 19.9 Å². The summed E-state index contributed by atoms with van der Waals surface area (Å²) in [6, 6.07) is -0.466. The Morgan fingerprint density at radius 3 is 2.53 bits per heavy atom. The molecule has 1 aliphatic rings. The maximum absolute atomic E-state index is 12.0. The number of carbonyl (C=O) groups is 1. The van der Waals surface area contributed by atoms with Crippen LogP contribution in [-0.2, 0) is 23.1 Å². The Hall–Kier alpha value is -0.680. The number of rotatable bonds is 7. The number of hydrogen-bond acceptors (Lipinski definition) is 6. The highest BCUT2D eigenvalue weighted by Crippen LogP contribution is 2.47. The molecule has 1 heterocycles. The van der Waals surface area contributed by atoms with Crippen LogP contribution in [0.3, 0.4) is 0 Å². The molecule has 0 aromatic carbocycles. The van der Waals surface area contributed by atoms with Gasteiger partial charge in [0.05, 0.1) is 13.2 Å². The second kappa shape index (κ2) is 6.91. The molecule has 0 radical (unpaired) electrons. The lowest BCUT2D eigenvalue weighted by molar-refractivity contribution is -0.143. The van der Waals surface area contributed by atoms with Crippen LogP contribution in [-0.4, -0.2) is 38.1 Å². The lowest BCUT2D eigenvalue weighted by Gasteiger charge is -2.17. The first kappa shape index (κ1) is 14.4. The number of carbonyl (C=O) groups excluding carboxylic acids is 1. The Bertz CT molecular complexity index is 321. The Labute approximate surface area is 101 Å². The molecule has 1 unspecified atom stereocenters. The highest BCUT2D eigenvalue weighted by Gasteiger charge is 2.28. The molecular formula is C10H18NO5P. The quantitative estimate of drug-likeness (QED) is 0.424. The summed E-state index contributed by atoms with van der Waals surface area (Å²) in [6.07, 6.45) is 3.19. The number of esters is 1. The summed E-state index contributed by atoms with van der Waals surface area (Å²) in [6.45, 7) is 4.53. The average molecular weight is 263 g/mol. The third-order valence-electron chi connectivity index (χ3n) is 2.05. The second-order valence-corrected chi connectivity index (χ2v) is 5.35. The average Bonchev–Trinajstić information content (AvgIpc) is 2.80. The predicted octanol–water partition coefficient (Wildman–Crippen LogP) is 1.28. The third-order valence-corrected chi connectivity index (χ3v) is 3.80. The molecule has 1 aliphatic heterocycles. The fourth-order valence-electron chi connectivity index (χ4n) is 1.37. The topological polar surface area (TPSA) is 73.9 Å². The monoisotopic (exact) mass is 263 g/mol. The van der Waals surface area contributed by atoms with Gasteiger partial charge in [0, 0.05) is 6.54 Å². The highest BCUT2D eigenvalue weighted by atomic mass is 31.2. The van der Waals surface area contributed by atoms with Gasteiger partial charge in [-0.25, -0.2) is 4.79 Å². The minimum atomic E-state index is -3.31. The molecule has 17 heavy (non-hydrogen) atoms. The van der Waals surface area contributed by atoms with Crippen molar-refractivity contribution >= 4 is 13.6 Å². The summed E-state index contributed by atoms with van der Waals surface area (Å²) < 4.78 is 26.9. The maximum Gasteiger partial charge on any atom is 0.367 e. The zero-order valence-electron chi connectivity index (χ0n) is 10.0. The van der Waals surface area contributed by atoms with Crippen molar-refractivity contribution in [3.8, 4) is 0 Å². The lowest BCUT2D eigenvalue weighted by Crippen LogP contribution is -2.32. The van der Waals surface area contributed by atoms with E-state index in [1.165, 1.54) is 0 Å². The molecule has 0 spiro atoms. The Morgan fingerprint density at radius 2 is 2.06 bits per heavy atom. The normalized spacial score (nSPS) is 19.5. The largest absolute Gasteiger partial charge is 0.451 e. The third kappa shape index (κ3) is 4.60. The minimum Gasteiger partial charge on any atom is -0.451 e. The molecule has 0 amide bonds. The van der Waals surface area contributed by atoms with E-state index >= 15 is 0 Å². The van der Waals surface area contributed by atoms with Gasteiger partial charge in [0.25, 0.3) is 0 Å². The molecule has 0 aromatic heterocycles. The van der Waals surface area contributed by atoms with E-state index in [1.54, 1.807) is 19.9 Å². The van der Waals surface area contributed by atoms with Crippen LogP contribution < -0.4 is 5.32 Å². The zero-order chi connectivity index (χ0) is 12.7. The summed E-state index contributed by atoms with van der Waals surface area (Å²) in [7, 11) is -3.31. The molecular weight excluding hydrogens is 245 g/mol. The van der Waals surface area contributed by atoms with Gasteiger partial charge >= 0.3 is 13.6 Å². The van der Waals surface area contributed by atoms with Crippen molar-refractivity contribution in [3.63, 3.8) is 0 Å². The van der Waals surface area contributed by atoms with Crippen LogP contribution in [0.4, 0.5) is 0 Å². The molecule has 1 N–H and O–H groups in total. The smallest absolute Gasteiger partial charge is 0.367 e. The first-order valence-electron chi connectivity index (χ1n) is 5.56. The van der Waals surface area contributed by atoms with Gasteiger partial charge < -0.3 is 13.8 Å². The van der Waals surface area contributed by atoms with E-state index in [-0.39, 0.29) is 19.6 Å². The lowest BCUT2D eigenvalue weighted by atomic mass is 10.3. The molecule has 1 atom stereocenters. The van der Waals surface area contributed by atoms with Gasteiger partial charge in [-0.1, -0.05) is 12.2 Å². The van der Waals surface area contributed by atoms with E-state index < -0.39 is 19.6 Å². The van der Waals surface area contributed by atoms with Crippen LogP contribution >= 0.6 is 7.60 Å². The van der Waals surface area contributed by atoms with Crippen LogP contribution in [0, 0.1) is 0 Å². The van der Waals surface area contributed by atoms with Gasteiger partial charge in [0.2, 0.25) is 0 Å². The highest BCUT2D eigenvalue weighted by molar-refractivity contribution is 7.53. The number of nitrogens with one attached hydrogen (secondary N) is 1. The Morgan fingerprint density at radius 1 is 1.41 bits per heavy atom.